The third-order valence-corrected chi connectivity index (χ3v) is 4.59. The third-order valence-electron chi connectivity index (χ3n) is 4.59. The maximum Gasteiger partial charge on any atom is 0.258 e. The van der Waals surface area contributed by atoms with Crippen LogP contribution in [0.25, 0.3) is 0 Å². The Morgan fingerprint density at radius 3 is 2.41 bits per heavy atom. The normalized spacial score (nSPS) is 10.6. The van der Waals surface area contributed by atoms with Crippen molar-refractivity contribution in [1.82, 2.24) is 16.1 Å². The van der Waals surface area contributed by atoms with Crippen LogP contribution in [0.5, 0.6) is 5.75 Å². The van der Waals surface area contributed by atoms with Gasteiger partial charge in [-0.15, -0.1) is 0 Å². The van der Waals surface area contributed by atoms with Crippen LogP contribution in [0.1, 0.15) is 23.3 Å². The average Bonchev–Trinajstić information content (AvgIpc) is 3.37. The topological polar surface area (TPSA) is 122 Å². The van der Waals surface area contributed by atoms with E-state index in [-0.39, 0.29) is 24.8 Å². The van der Waals surface area contributed by atoms with E-state index in [9.17, 15) is 14.4 Å². The molecule has 0 fully saturated rings. The number of nitrogens with one attached hydrogen (secondary N) is 3. The Labute approximate surface area is 197 Å². The molecule has 0 saturated carbocycles. The van der Waals surface area contributed by atoms with Gasteiger partial charge in [0.1, 0.15) is 17.9 Å². The standard InChI is InChI=1S/C25H26N4O5/c30-23(26-13-12-19-5-2-1-3-6-19)15-24(31)29-28-16-20-8-10-21(11-9-20)34-18-25(32)27-17-22-7-4-14-33-22/h1-11,14,16H,12-13,15,17-18H2,(H,26,30)(H,27,32)(H,29,31)/b28-16+. The van der Waals surface area contributed by atoms with Crippen molar-refractivity contribution in [1.29, 1.82) is 0 Å². The SMILES string of the molecule is O=C(COc1ccc(/C=N/NC(=O)CC(=O)NCCc2ccccc2)cc1)NCc1ccco1. The molecule has 0 atom stereocenters. The predicted octanol–water partition coefficient (Wildman–Crippen LogP) is 2.17. The van der Waals surface area contributed by atoms with Crippen molar-refractivity contribution in [2.24, 2.45) is 5.10 Å². The Morgan fingerprint density at radius 2 is 1.68 bits per heavy atom. The summed E-state index contributed by atoms with van der Waals surface area (Å²) in [6.07, 6.45) is 3.38. The summed E-state index contributed by atoms with van der Waals surface area (Å²) in [7, 11) is 0. The molecule has 0 spiro atoms. The van der Waals surface area contributed by atoms with E-state index in [1.807, 2.05) is 30.3 Å². The molecule has 1 heterocycles. The fraction of sp³-hybridized carbons (Fsp3) is 0.200. The Hall–Kier alpha value is -4.40. The van der Waals surface area contributed by atoms with Crippen LogP contribution in [-0.2, 0) is 27.3 Å². The van der Waals surface area contributed by atoms with E-state index in [1.165, 1.54) is 6.21 Å². The Kier molecular flexibility index (Phi) is 9.43. The highest BCUT2D eigenvalue weighted by Crippen LogP contribution is 2.11. The molecule has 176 valence electrons. The first kappa shape index (κ1) is 24.2. The molecule has 0 radical (unpaired) electrons. The summed E-state index contributed by atoms with van der Waals surface area (Å²) >= 11 is 0. The van der Waals surface area contributed by atoms with E-state index in [0.29, 0.717) is 36.6 Å². The lowest BCUT2D eigenvalue weighted by molar-refractivity contribution is -0.129. The second-order valence-corrected chi connectivity index (χ2v) is 7.27. The Morgan fingerprint density at radius 1 is 0.882 bits per heavy atom. The van der Waals surface area contributed by atoms with Gasteiger partial charge < -0.3 is 19.8 Å². The maximum atomic E-state index is 11.9. The maximum absolute atomic E-state index is 11.9. The smallest absolute Gasteiger partial charge is 0.258 e. The molecule has 0 aliphatic carbocycles. The van der Waals surface area contributed by atoms with Crippen molar-refractivity contribution >= 4 is 23.9 Å². The second kappa shape index (κ2) is 13.2. The number of furan rings is 1. The van der Waals surface area contributed by atoms with Crippen molar-refractivity contribution in [3.05, 3.63) is 89.9 Å². The van der Waals surface area contributed by atoms with Crippen LogP contribution >= 0.6 is 0 Å². The first-order valence-electron chi connectivity index (χ1n) is 10.7. The molecule has 34 heavy (non-hydrogen) atoms. The number of benzene rings is 2. The number of amides is 3. The van der Waals surface area contributed by atoms with Gasteiger partial charge in [0.25, 0.3) is 5.91 Å². The number of nitrogens with zero attached hydrogens (tertiary/aromatic N) is 1. The lowest BCUT2D eigenvalue weighted by atomic mass is 10.1. The zero-order valence-corrected chi connectivity index (χ0v) is 18.5. The van der Waals surface area contributed by atoms with Gasteiger partial charge in [-0.2, -0.15) is 5.10 Å². The highest BCUT2D eigenvalue weighted by atomic mass is 16.5. The molecule has 3 amide bonds. The van der Waals surface area contributed by atoms with Gasteiger partial charge in [-0.25, -0.2) is 5.43 Å². The van der Waals surface area contributed by atoms with E-state index in [1.54, 1.807) is 42.7 Å². The molecule has 9 nitrogen and oxygen atoms in total. The number of hydrazone groups is 1. The Bertz CT molecular complexity index is 1080. The zero-order valence-electron chi connectivity index (χ0n) is 18.5. The molecule has 0 aliphatic rings. The monoisotopic (exact) mass is 462 g/mol. The quantitative estimate of drug-likeness (QED) is 0.216. The van der Waals surface area contributed by atoms with E-state index in [2.05, 4.69) is 21.2 Å². The summed E-state index contributed by atoms with van der Waals surface area (Å²) in [5, 5.41) is 9.26. The molecule has 0 bridgehead atoms. The summed E-state index contributed by atoms with van der Waals surface area (Å²) in [5.41, 5.74) is 4.15. The fourth-order valence-corrected chi connectivity index (χ4v) is 2.87. The number of hydrogen-bond donors (Lipinski definition) is 3. The molecule has 0 aliphatic heterocycles. The molecular formula is C25H26N4O5. The van der Waals surface area contributed by atoms with Gasteiger partial charge in [0, 0.05) is 6.54 Å². The van der Waals surface area contributed by atoms with Crippen LogP contribution in [0.4, 0.5) is 0 Å². The van der Waals surface area contributed by atoms with Crippen LogP contribution in [0.2, 0.25) is 0 Å². The Balaban J connectivity index is 1.30. The molecule has 0 saturated heterocycles. The minimum absolute atomic E-state index is 0.127. The summed E-state index contributed by atoms with van der Waals surface area (Å²) in [6.45, 7) is 0.628. The largest absolute Gasteiger partial charge is 0.484 e. The predicted molar refractivity (Wildman–Crippen MR) is 126 cm³/mol. The van der Waals surface area contributed by atoms with Gasteiger partial charge in [0.2, 0.25) is 11.8 Å². The second-order valence-electron chi connectivity index (χ2n) is 7.27. The lowest BCUT2D eigenvalue weighted by Gasteiger charge is -2.07. The molecule has 3 rings (SSSR count). The van der Waals surface area contributed by atoms with Crippen molar-refractivity contribution in [2.75, 3.05) is 13.2 Å². The summed E-state index contributed by atoms with van der Waals surface area (Å²) in [4.78, 5) is 35.5. The minimum atomic E-state index is -0.506. The fourth-order valence-electron chi connectivity index (χ4n) is 2.87. The zero-order chi connectivity index (χ0) is 24.0. The van der Waals surface area contributed by atoms with Crippen molar-refractivity contribution < 1.29 is 23.5 Å². The highest BCUT2D eigenvalue weighted by molar-refractivity contribution is 5.97. The van der Waals surface area contributed by atoms with Gasteiger partial charge in [-0.3, -0.25) is 14.4 Å². The van der Waals surface area contributed by atoms with Crippen molar-refractivity contribution in [3.8, 4) is 5.75 Å². The number of carbonyl (C=O) groups excluding carboxylic acids is 3. The number of hydrogen-bond acceptors (Lipinski definition) is 6. The first-order valence-corrected chi connectivity index (χ1v) is 10.7. The molecule has 3 aromatic rings. The van der Waals surface area contributed by atoms with E-state index in [4.69, 9.17) is 9.15 Å². The summed E-state index contributed by atoms with van der Waals surface area (Å²) in [6, 6.07) is 20.1. The van der Waals surface area contributed by atoms with Crippen LogP contribution in [0, 0.1) is 0 Å². The minimum Gasteiger partial charge on any atom is -0.484 e. The number of rotatable bonds is 12. The first-order chi connectivity index (χ1) is 16.6. The van der Waals surface area contributed by atoms with Gasteiger partial charge in [-0.1, -0.05) is 30.3 Å². The van der Waals surface area contributed by atoms with Gasteiger partial charge in [0.15, 0.2) is 6.61 Å². The van der Waals surface area contributed by atoms with Crippen molar-refractivity contribution in [3.63, 3.8) is 0 Å². The molecule has 9 heteroatoms. The summed E-state index contributed by atoms with van der Waals surface area (Å²) < 4.78 is 10.6. The lowest BCUT2D eigenvalue weighted by Crippen LogP contribution is -2.31. The molecule has 1 aromatic heterocycles. The van der Waals surface area contributed by atoms with E-state index < -0.39 is 5.91 Å². The summed E-state index contributed by atoms with van der Waals surface area (Å²) in [5.74, 6) is 0.0374. The van der Waals surface area contributed by atoms with Crippen LogP contribution < -0.4 is 20.8 Å². The average molecular weight is 463 g/mol. The molecular weight excluding hydrogens is 436 g/mol. The molecule has 3 N–H and O–H groups in total. The number of ether oxygens (including phenoxy) is 1. The van der Waals surface area contributed by atoms with Gasteiger partial charge in [0.05, 0.1) is 19.0 Å². The molecule has 2 aromatic carbocycles. The number of carbonyl (C=O) groups is 3. The van der Waals surface area contributed by atoms with Gasteiger partial charge >= 0.3 is 0 Å². The van der Waals surface area contributed by atoms with Gasteiger partial charge in [-0.05, 0) is 53.9 Å². The van der Waals surface area contributed by atoms with Crippen LogP contribution in [-0.4, -0.2) is 37.1 Å². The van der Waals surface area contributed by atoms with E-state index >= 15 is 0 Å². The van der Waals surface area contributed by atoms with Crippen molar-refractivity contribution in [2.45, 2.75) is 19.4 Å². The molecule has 0 unspecified atom stereocenters. The van der Waals surface area contributed by atoms with Crippen LogP contribution in [0.15, 0.2) is 82.5 Å². The van der Waals surface area contributed by atoms with E-state index in [0.717, 1.165) is 5.56 Å². The van der Waals surface area contributed by atoms with Crippen LogP contribution in [0.3, 0.4) is 0 Å². The third kappa shape index (κ3) is 8.99. The highest BCUT2D eigenvalue weighted by Gasteiger charge is 2.08.